The predicted octanol–water partition coefficient (Wildman–Crippen LogP) is 5.12. The Hall–Kier alpha value is -0.530. The van der Waals surface area contributed by atoms with Gasteiger partial charge >= 0.3 is 0 Å². The Morgan fingerprint density at radius 2 is 2.00 bits per heavy atom. The molecule has 0 aromatic heterocycles. The monoisotopic (exact) mass is 293 g/mol. The van der Waals surface area contributed by atoms with Gasteiger partial charge in [-0.1, -0.05) is 57.3 Å². The Labute approximate surface area is 128 Å². The molecule has 1 nitrogen and oxygen atoms in total. The van der Waals surface area contributed by atoms with Crippen LogP contribution in [0.5, 0.6) is 0 Å². The van der Waals surface area contributed by atoms with Gasteiger partial charge < -0.3 is 5.73 Å². The minimum atomic E-state index is -0.116. The third-order valence-corrected chi connectivity index (χ3v) is 5.20. The molecule has 0 amide bonds. The third-order valence-electron chi connectivity index (χ3n) is 4.85. The SMILES string of the molecule is Cc1ccc(CC2(N)CCCCC2C(C)(C)C)c(Cl)c1. The van der Waals surface area contributed by atoms with E-state index in [1.807, 2.05) is 0 Å². The molecule has 2 atom stereocenters. The molecule has 0 aliphatic heterocycles. The first-order valence-corrected chi connectivity index (χ1v) is 8.14. The molecule has 0 radical (unpaired) electrons. The number of nitrogens with two attached hydrogens (primary N) is 1. The molecule has 0 heterocycles. The molecule has 1 saturated carbocycles. The van der Waals surface area contributed by atoms with Crippen LogP contribution in [-0.2, 0) is 6.42 Å². The van der Waals surface area contributed by atoms with E-state index in [-0.39, 0.29) is 11.0 Å². The number of hydrogen-bond donors (Lipinski definition) is 1. The van der Waals surface area contributed by atoms with Crippen LogP contribution in [0.25, 0.3) is 0 Å². The van der Waals surface area contributed by atoms with Crippen LogP contribution in [0.4, 0.5) is 0 Å². The topological polar surface area (TPSA) is 26.0 Å². The van der Waals surface area contributed by atoms with Crippen molar-refractivity contribution in [3.05, 3.63) is 34.3 Å². The smallest absolute Gasteiger partial charge is 0.0441 e. The maximum atomic E-state index is 6.87. The van der Waals surface area contributed by atoms with Gasteiger partial charge in [0.05, 0.1) is 0 Å². The van der Waals surface area contributed by atoms with Crippen LogP contribution < -0.4 is 5.73 Å². The van der Waals surface area contributed by atoms with E-state index < -0.39 is 0 Å². The Kier molecular flexibility index (Phi) is 4.51. The molecule has 1 aromatic carbocycles. The fourth-order valence-electron chi connectivity index (χ4n) is 3.92. The van der Waals surface area contributed by atoms with Crippen LogP contribution in [0.1, 0.15) is 57.6 Å². The fourth-order valence-corrected chi connectivity index (χ4v) is 4.22. The zero-order valence-electron chi connectivity index (χ0n) is 13.3. The minimum Gasteiger partial charge on any atom is -0.325 e. The van der Waals surface area contributed by atoms with E-state index in [9.17, 15) is 0 Å². The summed E-state index contributed by atoms with van der Waals surface area (Å²) in [7, 11) is 0. The molecule has 0 saturated heterocycles. The summed E-state index contributed by atoms with van der Waals surface area (Å²) in [4.78, 5) is 0. The predicted molar refractivity (Wildman–Crippen MR) is 88.2 cm³/mol. The highest BCUT2D eigenvalue weighted by molar-refractivity contribution is 6.31. The lowest BCUT2D eigenvalue weighted by Gasteiger charge is -2.48. The summed E-state index contributed by atoms with van der Waals surface area (Å²) in [6.07, 6.45) is 5.80. The fraction of sp³-hybridized carbons (Fsp3) is 0.667. The average molecular weight is 294 g/mol. The molecule has 0 bridgehead atoms. The van der Waals surface area contributed by atoms with Gasteiger partial charge in [0.2, 0.25) is 0 Å². The van der Waals surface area contributed by atoms with Crippen molar-refractivity contribution >= 4 is 11.6 Å². The molecule has 2 heteroatoms. The molecular formula is C18H28ClN. The van der Waals surface area contributed by atoms with E-state index >= 15 is 0 Å². The van der Waals surface area contributed by atoms with Crippen molar-refractivity contribution in [3.8, 4) is 0 Å². The largest absolute Gasteiger partial charge is 0.325 e. The lowest BCUT2D eigenvalue weighted by Crippen LogP contribution is -2.55. The molecule has 1 fully saturated rings. The second-order valence-corrected chi connectivity index (χ2v) is 8.08. The van der Waals surface area contributed by atoms with E-state index in [1.54, 1.807) is 0 Å². The zero-order chi connectivity index (χ0) is 15.0. The van der Waals surface area contributed by atoms with Crippen molar-refractivity contribution in [3.63, 3.8) is 0 Å². The minimum absolute atomic E-state index is 0.116. The van der Waals surface area contributed by atoms with Gasteiger partial charge in [-0.2, -0.15) is 0 Å². The summed E-state index contributed by atoms with van der Waals surface area (Å²) in [5, 5.41) is 0.869. The standard InChI is InChI=1S/C18H28ClN/c1-13-8-9-14(15(19)11-13)12-18(20)10-6-5-7-16(18)17(2,3)4/h8-9,11,16H,5-7,10,12,20H2,1-4H3. The number of halogens is 1. The molecular weight excluding hydrogens is 266 g/mol. The summed E-state index contributed by atoms with van der Waals surface area (Å²) in [6.45, 7) is 9.04. The lowest BCUT2D eigenvalue weighted by atomic mass is 9.61. The van der Waals surface area contributed by atoms with E-state index in [0.29, 0.717) is 5.92 Å². The molecule has 2 rings (SSSR count). The zero-order valence-corrected chi connectivity index (χ0v) is 14.1. The number of aryl methyl sites for hydroxylation is 1. The molecule has 2 N–H and O–H groups in total. The van der Waals surface area contributed by atoms with Crippen molar-refractivity contribution in [1.82, 2.24) is 0 Å². The van der Waals surface area contributed by atoms with Gasteiger partial charge in [-0.25, -0.2) is 0 Å². The van der Waals surface area contributed by atoms with Gasteiger partial charge in [0, 0.05) is 10.6 Å². The molecule has 2 unspecified atom stereocenters. The molecule has 112 valence electrons. The molecule has 1 aliphatic carbocycles. The number of hydrogen-bond acceptors (Lipinski definition) is 1. The Balaban J connectivity index is 2.28. The average Bonchev–Trinajstić information content (AvgIpc) is 2.32. The van der Waals surface area contributed by atoms with Gasteiger partial charge in [-0.15, -0.1) is 0 Å². The summed E-state index contributed by atoms with van der Waals surface area (Å²) in [5.41, 5.74) is 9.42. The van der Waals surface area contributed by atoms with Crippen LogP contribution in [0.3, 0.4) is 0 Å². The lowest BCUT2D eigenvalue weighted by molar-refractivity contribution is 0.0793. The first-order valence-electron chi connectivity index (χ1n) is 7.76. The van der Waals surface area contributed by atoms with Gasteiger partial charge in [0.1, 0.15) is 0 Å². The first kappa shape index (κ1) is 15.9. The summed E-state index contributed by atoms with van der Waals surface area (Å²) in [5.74, 6) is 0.557. The van der Waals surface area contributed by atoms with Gasteiger partial charge in [-0.05, 0) is 54.7 Å². The highest BCUT2D eigenvalue weighted by atomic mass is 35.5. The quantitative estimate of drug-likeness (QED) is 0.804. The van der Waals surface area contributed by atoms with Crippen LogP contribution in [0.2, 0.25) is 5.02 Å². The van der Waals surface area contributed by atoms with Crippen LogP contribution in [-0.4, -0.2) is 5.54 Å². The number of benzene rings is 1. The summed E-state index contributed by atoms with van der Waals surface area (Å²) < 4.78 is 0. The first-order chi connectivity index (χ1) is 9.22. The van der Waals surface area contributed by atoms with Gasteiger partial charge in [0.15, 0.2) is 0 Å². The summed E-state index contributed by atoms with van der Waals surface area (Å²) in [6, 6.07) is 6.34. The Morgan fingerprint density at radius 3 is 2.60 bits per heavy atom. The Bertz CT molecular complexity index is 475. The third kappa shape index (κ3) is 3.38. The van der Waals surface area contributed by atoms with Crippen LogP contribution in [0.15, 0.2) is 18.2 Å². The molecule has 20 heavy (non-hydrogen) atoms. The van der Waals surface area contributed by atoms with Gasteiger partial charge in [-0.3, -0.25) is 0 Å². The normalized spacial score (nSPS) is 27.6. The summed E-state index contributed by atoms with van der Waals surface area (Å²) >= 11 is 6.42. The van der Waals surface area contributed by atoms with Crippen molar-refractivity contribution in [2.24, 2.45) is 17.1 Å². The highest BCUT2D eigenvalue weighted by Gasteiger charge is 2.43. The molecule has 1 aliphatic rings. The maximum Gasteiger partial charge on any atom is 0.0441 e. The van der Waals surface area contributed by atoms with Crippen LogP contribution >= 0.6 is 11.6 Å². The van der Waals surface area contributed by atoms with E-state index in [4.69, 9.17) is 17.3 Å². The molecule has 0 spiro atoms. The van der Waals surface area contributed by atoms with Crippen molar-refractivity contribution in [2.45, 2.75) is 65.3 Å². The van der Waals surface area contributed by atoms with E-state index in [0.717, 1.165) is 17.9 Å². The molecule has 1 aromatic rings. The van der Waals surface area contributed by atoms with E-state index in [1.165, 1.54) is 30.4 Å². The second kappa shape index (κ2) is 5.69. The van der Waals surface area contributed by atoms with E-state index in [2.05, 4.69) is 45.9 Å². The van der Waals surface area contributed by atoms with Crippen LogP contribution in [0, 0.1) is 18.3 Å². The van der Waals surface area contributed by atoms with Crippen molar-refractivity contribution in [1.29, 1.82) is 0 Å². The highest BCUT2D eigenvalue weighted by Crippen LogP contribution is 2.45. The number of rotatable bonds is 2. The second-order valence-electron chi connectivity index (χ2n) is 7.67. The Morgan fingerprint density at radius 1 is 1.30 bits per heavy atom. The van der Waals surface area contributed by atoms with Crippen molar-refractivity contribution < 1.29 is 0 Å². The van der Waals surface area contributed by atoms with Crippen molar-refractivity contribution in [2.75, 3.05) is 0 Å². The van der Waals surface area contributed by atoms with Gasteiger partial charge in [0.25, 0.3) is 0 Å². The maximum absolute atomic E-state index is 6.87.